The van der Waals surface area contributed by atoms with Gasteiger partial charge in [-0.1, -0.05) is 32.0 Å². The van der Waals surface area contributed by atoms with Crippen LogP contribution in [-0.2, 0) is 17.9 Å². The Hall–Kier alpha value is -4.88. The first kappa shape index (κ1) is 33.0. The van der Waals surface area contributed by atoms with Crippen LogP contribution in [0.15, 0.2) is 71.1 Å². The molecule has 3 atom stereocenters. The highest BCUT2D eigenvalue weighted by Gasteiger charge is 2.43. The summed E-state index contributed by atoms with van der Waals surface area (Å²) < 4.78 is 12.7. The summed E-state index contributed by atoms with van der Waals surface area (Å²) in [7, 11) is 3.22. The Morgan fingerprint density at radius 2 is 1.96 bits per heavy atom. The Morgan fingerprint density at radius 3 is 2.65 bits per heavy atom. The minimum Gasteiger partial charge on any atom is -0.479 e. The lowest BCUT2D eigenvalue weighted by atomic mass is 9.91. The van der Waals surface area contributed by atoms with Crippen LogP contribution in [0.3, 0.4) is 0 Å². The molecule has 1 fully saturated rings. The van der Waals surface area contributed by atoms with Gasteiger partial charge in [0.05, 0.1) is 35.3 Å². The number of thiazole rings is 1. The van der Waals surface area contributed by atoms with Crippen molar-refractivity contribution < 1.29 is 24.0 Å². The van der Waals surface area contributed by atoms with Crippen LogP contribution in [0.1, 0.15) is 71.1 Å². The first-order valence-electron chi connectivity index (χ1n) is 15.8. The molecule has 13 heteroatoms. The fourth-order valence-corrected chi connectivity index (χ4v) is 7.08. The molecular weight excluding hydrogens is 630 g/mol. The highest BCUT2D eigenvalue weighted by molar-refractivity contribution is 7.13. The van der Waals surface area contributed by atoms with E-state index in [0.717, 1.165) is 27.3 Å². The van der Waals surface area contributed by atoms with Crippen LogP contribution >= 0.6 is 11.3 Å². The topological polar surface area (TPSA) is 140 Å². The van der Waals surface area contributed by atoms with Crippen LogP contribution < -0.4 is 4.74 Å². The fraction of sp³-hybridized carbons (Fsp3) is 0.371. The Morgan fingerprint density at radius 1 is 1.17 bits per heavy atom. The molecule has 1 saturated heterocycles. The summed E-state index contributed by atoms with van der Waals surface area (Å²) in [5, 5.41) is 14.9. The van der Waals surface area contributed by atoms with Gasteiger partial charge in [0.25, 0.3) is 11.8 Å². The number of amides is 2. The molecule has 6 rings (SSSR count). The van der Waals surface area contributed by atoms with Gasteiger partial charge in [-0.15, -0.1) is 11.3 Å². The second-order valence-electron chi connectivity index (χ2n) is 12.5. The van der Waals surface area contributed by atoms with Crippen molar-refractivity contribution in [3.8, 4) is 16.3 Å². The summed E-state index contributed by atoms with van der Waals surface area (Å²) in [5.74, 6) is -0.0745. The summed E-state index contributed by atoms with van der Waals surface area (Å²) in [5.41, 5.74) is 6.04. The molecule has 0 radical (unpaired) electrons. The number of aryl methyl sites for hydroxylation is 1. The van der Waals surface area contributed by atoms with E-state index < -0.39 is 18.1 Å². The number of rotatable bonds is 11. The summed E-state index contributed by atoms with van der Waals surface area (Å²) in [6.45, 7) is 6.76. The van der Waals surface area contributed by atoms with Crippen molar-refractivity contribution in [2.45, 2.75) is 58.3 Å². The molecule has 4 aromatic heterocycles. The van der Waals surface area contributed by atoms with E-state index in [-0.39, 0.29) is 42.3 Å². The van der Waals surface area contributed by atoms with Gasteiger partial charge < -0.3 is 28.7 Å². The molecule has 5 aromatic rings. The van der Waals surface area contributed by atoms with Crippen LogP contribution in [-0.4, -0.2) is 78.2 Å². The third kappa shape index (κ3) is 6.87. The number of aliphatic hydroxyl groups excluding tert-OH is 1. The third-order valence-electron chi connectivity index (χ3n) is 8.65. The summed E-state index contributed by atoms with van der Waals surface area (Å²) >= 11 is 1.59. The molecule has 250 valence electrons. The predicted molar refractivity (Wildman–Crippen MR) is 179 cm³/mol. The molecule has 5 heterocycles. The van der Waals surface area contributed by atoms with Crippen molar-refractivity contribution in [2.24, 2.45) is 5.92 Å². The molecular formula is C35H39N7O5S. The zero-order chi connectivity index (χ0) is 33.9. The average Bonchev–Trinajstić information content (AvgIpc) is 3.88. The number of pyridine rings is 1. The number of hydrogen-bond donors (Lipinski definition) is 1. The molecule has 0 bridgehead atoms. The number of carbonyl (C=O) groups excluding carboxylic acids is 2. The van der Waals surface area contributed by atoms with Crippen LogP contribution in [0.2, 0.25) is 0 Å². The minimum atomic E-state index is -0.771. The third-order valence-corrected chi connectivity index (χ3v) is 9.62. The van der Waals surface area contributed by atoms with Gasteiger partial charge in [0, 0.05) is 57.8 Å². The number of ether oxygens (including phenoxy) is 1. The molecule has 1 N–H and O–H groups in total. The Bertz CT molecular complexity index is 1880. The maximum Gasteiger partial charge on any atom is 0.274 e. The van der Waals surface area contributed by atoms with Crippen molar-refractivity contribution in [3.63, 3.8) is 0 Å². The number of aliphatic hydroxyl groups is 1. The number of nitrogens with zero attached hydrogens (tertiary/aromatic N) is 7. The first-order valence-corrected chi connectivity index (χ1v) is 16.7. The lowest BCUT2D eigenvalue weighted by Crippen LogP contribution is -2.38. The maximum absolute atomic E-state index is 14.3. The number of aromatic nitrogens is 5. The van der Waals surface area contributed by atoms with Gasteiger partial charge in [-0.2, -0.15) is 0 Å². The molecule has 0 spiro atoms. The second kappa shape index (κ2) is 14.1. The molecule has 1 aliphatic rings. The lowest BCUT2D eigenvalue weighted by molar-refractivity contribution is -0.135. The van der Waals surface area contributed by atoms with Gasteiger partial charge in [0.15, 0.2) is 5.76 Å². The van der Waals surface area contributed by atoms with Gasteiger partial charge >= 0.3 is 0 Å². The smallest absolute Gasteiger partial charge is 0.274 e. The van der Waals surface area contributed by atoms with Gasteiger partial charge in [-0.25, -0.2) is 9.97 Å². The first-order chi connectivity index (χ1) is 23.1. The number of carbonyl (C=O) groups is 2. The Labute approximate surface area is 283 Å². The van der Waals surface area contributed by atoms with Gasteiger partial charge in [0.2, 0.25) is 5.91 Å². The zero-order valence-corrected chi connectivity index (χ0v) is 28.4. The van der Waals surface area contributed by atoms with Crippen LogP contribution in [0.4, 0.5) is 0 Å². The van der Waals surface area contributed by atoms with Crippen molar-refractivity contribution in [1.29, 1.82) is 0 Å². The minimum absolute atomic E-state index is 0.121. The number of imidazole rings is 1. The SMILES string of the molecule is COc1cc(C(C(=O)N2C[C@H](O)C[C@H]2c2nc(C(=O)N(C)Cc3ccncc3)cn2Cc2cccc(-c3scnc3C)c2)C(C)C)on1. The van der Waals surface area contributed by atoms with Crippen LogP contribution in [0, 0.1) is 12.8 Å². The molecule has 1 unspecified atom stereocenters. The zero-order valence-electron chi connectivity index (χ0n) is 27.6. The monoisotopic (exact) mass is 669 g/mol. The quantitative estimate of drug-likeness (QED) is 0.203. The van der Waals surface area contributed by atoms with Crippen molar-refractivity contribution in [1.82, 2.24) is 34.5 Å². The highest BCUT2D eigenvalue weighted by atomic mass is 32.1. The summed E-state index contributed by atoms with van der Waals surface area (Å²) in [4.78, 5) is 45.8. The van der Waals surface area contributed by atoms with Crippen molar-refractivity contribution in [2.75, 3.05) is 20.7 Å². The molecule has 48 heavy (non-hydrogen) atoms. The number of β-amino-alcohol motifs (C(OH)–C–C–N with tert-alkyl or cyclic N) is 1. The van der Waals surface area contributed by atoms with E-state index in [1.807, 2.05) is 55.1 Å². The van der Waals surface area contributed by atoms with Crippen LogP contribution in [0.5, 0.6) is 5.88 Å². The normalized spacial score (nSPS) is 16.8. The average molecular weight is 670 g/mol. The molecule has 12 nitrogen and oxygen atoms in total. The number of likely N-dealkylation sites (tertiary alicyclic amines) is 1. The van der Waals surface area contributed by atoms with E-state index in [1.54, 1.807) is 52.8 Å². The maximum atomic E-state index is 14.3. The van der Waals surface area contributed by atoms with E-state index >= 15 is 0 Å². The molecule has 2 amide bonds. The van der Waals surface area contributed by atoms with Gasteiger partial charge in [-0.3, -0.25) is 14.6 Å². The summed E-state index contributed by atoms with van der Waals surface area (Å²) in [6.07, 6.45) is 4.64. The van der Waals surface area contributed by atoms with Crippen molar-refractivity contribution >= 4 is 23.2 Å². The van der Waals surface area contributed by atoms with E-state index in [2.05, 4.69) is 27.3 Å². The number of hydrogen-bond acceptors (Lipinski definition) is 10. The fourth-order valence-electron chi connectivity index (χ4n) is 6.27. The summed E-state index contributed by atoms with van der Waals surface area (Å²) in [6, 6.07) is 13.0. The largest absolute Gasteiger partial charge is 0.479 e. The molecule has 1 aromatic carbocycles. The lowest BCUT2D eigenvalue weighted by Gasteiger charge is -2.29. The highest BCUT2D eigenvalue weighted by Crippen LogP contribution is 2.38. The van der Waals surface area contributed by atoms with E-state index in [0.29, 0.717) is 24.7 Å². The van der Waals surface area contributed by atoms with Crippen LogP contribution in [0.25, 0.3) is 10.4 Å². The Balaban J connectivity index is 1.37. The molecule has 0 saturated carbocycles. The Kier molecular flexibility index (Phi) is 9.69. The van der Waals surface area contributed by atoms with Gasteiger partial charge in [0.1, 0.15) is 17.4 Å². The predicted octanol–water partition coefficient (Wildman–Crippen LogP) is 5.10. The molecule has 1 aliphatic heterocycles. The van der Waals surface area contributed by atoms with Gasteiger partial charge in [-0.05, 0) is 52.9 Å². The van der Waals surface area contributed by atoms with E-state index in [4.69, 9.17) is 14.2 Å². The molecule has 0 aliphatic carbocycles. The number of benzene rings is 1. The standard InChI is InChI=1S/C35H39N7O5S/c1-21(2)31(29-15-30(46-5)39-47-29)35(45)42-18-26(43)14-28(42)33-38-27(34(44)40(4)16-23-9-11-36-12-10-23)19-41(33)17-24-7-6-8-25(13-24)32-22(3)37-20-48-32/h6-13,15,19-21,26,28,31,43H,14,16-18H2,1-5H3/t26-,28+,31?/m1/s1. The number of methoxy groups -OCH3 is 1. The second-order valence-corrected chi connectivity index (χ2v) is 13.3. The van der Waals surface area contributed by atoms with Crippen molar-refractivity contribution in [3.05, 3.63) is 101 Å². The van der Waals surface area contributed by atoms with E-state index in [1.165, 1.54) is 7.11 Å². The van der Waals surface area contributed by atoms with E-state index in [9.17, 15) is 14.7 Å².